The van der Waals surface area contributed by atoms with E-state index in [-0.39, 0.29) is 5.91 Å². The van der Waals surface area contributed by atoms with Gasteiger partial charge in [0.25, 0.3) is 5.91 Å². The normalized spacial score (nSPS) is 13.2. The van der Waals surface area contributed by atoms with Crippen molar-refractivity contribution >= 4 is 11.6 Å². The number of aryl methyl sites for hydroxylation is 1. The van der Waals surface area contributed by atoms with E-state index in [0.29, 0.717) is 5.92 Å². The van der Waals surface area contributed by atoms with E-state index in [1.54, 1.807) is 6.92 Å². The van der Waals surface area contributed by atoms with Crippen molar-refractivity contribution in [2.24, 2.45) is 0 Å². The molecule has 2 rings (SSSR count). The Morgan fingerprint density at radius 3 is 2.57 bits per heavy atom. The van der Waals surface area contributed by atoms with E-state index < -0.39 is 6.10 Å². The number of carbonyl (C=O) groups is 1. The van der Waals surface area contributed by atoms with Crippen LogP contribution in [-0.4, -0.2) is 12.0 Å². The molecule has 2 atom stereocenters. The van der Waals surface area contributed by atoms with E-state index >= 15 is 0 Å². The molecule has 2 aromatic carbocycles. The van der Waals surface area contributed by atoms with Crippen LogP contribution in [0.2, 0.25) is 0 Å². The summed E-state index contributed by atoms with van der Waals surface area (Å²) in [6, 6.07) is 15.7. The van der Waals surface area contributed by atoms with E-state index in [1.807, 2.05) is 49.4 Å². The first-order valence-electron chi connectivity index (χ1n) is 8.14. The molecule has 122 valence electrons. The Balaban J connectivity index is 2.07. The fourth-order valence-electron chi connectivity index (χ4n) is 2.43. The number of rotatable bonds is 6. The van der Waals surface area contributed by atoms with Crippen molar-refractivity contribution in [3.05, 3.63) is 59.7 Å². The molecule has 1 N–H and O–H groups in total. The Hall–Kier alpha value is -2.29. The number of ether oxygens (including phenoxy) is 1. The number of benzene rings is 2. The number of hydrogen-bond donors (Lipinski definition) is 1. The highest BCUT2D eigenvalue weighted by molar-refractivity contribution is 5.94. The van der Waals surface area contributed by atoms with Crippen molar-refractivity contribution in [3.8, 4) is 5.75 Å². The minimum atomic E-state index is -0.555. The smallest absolute Gasteiger partial charge is 0.265 e. The number of para-hydroxylation sites is 1. The molecule has 0 radical (unpaired) electrons. The summed E-state index contributed by atoms with van der Waals surface area (Å²) in [5.41, 5.74) is 3.05. The SMILES string of the molecule is CCC(C)c1ccccc1OC(C)C(=O)Nc1cccc(C)c1. The number of hydrogen-bond acceptors (Lipinski definition) is 2. The first kappa shape index (κ1) is 17.1. The molecule has 0 aliphatic carbocycles. The van der Waals surface area contributed by atoms with Crippen molar-refractivity contribution in [2.75, 3.05) is 5.32 Å². The van der Waals surface area contributed by atoms with Gasteiger partial charge in [-0.25, -0.2) is 0 Å². The average Bonchev–Trinajstić information content (AvgIpc) is 2.54. The van der Waals surface area contributed by atoms with Crippen molar-refractivity contribution in [3.63, 3.8) is 0 Å². The van der Waals surface area contributed by atoms with Crippen LogP contribution in [0.25, 0.3) is 0 Å². The number of anilines is 1. The third-order valence-corrected chi connectivity index (χ3v) is 4.02. The van der Waals surface area contributed by atoms with E-state index in [2.05, 4.69) is 25.2 Å². The fraction of sp³-hybridized carbons (Fsp3) is 0.350. The molecule has 2 unspecified atom stereocenters. The topological polar surface area (TPSA) is 38.3 Å². The van der Waals surface area contributed by atoms with Crippen LogP contribution in [0.1, 0.15) is 44.2 Å². The van der Waals surface area contributed by atoms with Gasteiger partial charge in [-0.3, -0.25) is 4.79 Å². The Morgan fingerprint density at radius 2 is 1.87 bits per heavy atom. The third-order valence-electron chi connectivity index (χ3n) is 4.02. The molecule has 3 nitrogen and oxygen atoms in total. The maximum Gasteiger partial charge on any atom is 0.265 e. The second-order valence-corrected chi connectivity index (χ2v) is 5.97. The van der Waals surface area contributed by atoms with Crippen LogP contribution in [0, 0.1) is 6.92 Å². The zero-order chi connectivity index (χ0) is 16.8. The fourth-order valence-corrected chi connectivity index (χ4v) is 2.43. The number of carbonyl (C=O) groups excluding carboxylic acids is 1. The molecule has 0 aliphatic rings. The van der Waals surface area contributed by atoms with Gasteiger partial charge in [0.2, 0.25) is 0 Å². The summed E-state index contributed by atoms with van der Waals surface area (Å²) in [6.07, 6.45) is 0.477. The molecule has 0 fully saturated rings. The minimum Gasteiger partial charge on any atom is -0.481 e. The molecule has 23 heavy (non-hydrogen) atoms. The highest BCUT2D eigenvalue weighted by Gasteiger charge is 2.18. The second-order valence-electron chi connectivity index (χ2n) is 5.97. The summed E-state index contributed by atoms with van der Waals surface area (Å²) in [7, 11) is 0. The number of nitrogens with one attached hydrogen (secondary N) is 1. The van der Waals surface area contributed by atoms with Crippen molar-refractivity contribution in [1.29, 1.82) is 0 Å². The minimum absolute atomic E-state index is 0.144. The van der Waals surface area contributed by atoms with Gasteiger partial charge in [-0.05, 0) is 55.5 Å². The summed E-state index contributed by atoms with van der Waals surface area (Å²) in [5.74, 6) is 1.04. The van der Waals surface area contributed by atoms with Crippen LogP contribution in [0.3, 0.4) is 0 Å². The quantitative estimate of drug-likeness (QED) is 0.822. The lowest BCUT2D eigenvalue weighted by Crippen LogP contribution is -2.30. The Kier molecular flexibility index (Phi) is 5.80. The Labute approximate surface area is 138 Å². The maximum absolute atomic E-state index is 12.3. The van der Waals surface area contributed by atoms with Gasteiger partial charge in [0.15, 0.2) is 6.10 Å². The Morgan fingerprint density at radius 1 is 1.13 bits per heavy atom. The average molecular weight is 311 g/mol. The predicted octanol–water partition coefficient (Wildman–Crippen LogP) is 4.91. The summed E-state index contributed by atoms with van der Waals surface area (Å²) in [6.45, 7) is 8.09. The van der Waals surface area contributed by atoms with Crippen LogP contribution in [0.4, 0.5) is 5.69 Å². The molecule has 1 amide bonds. The van der Waals surface area contributed by atoms with Crippen LogP contribution in [0.15, 0.2) is 48.5 Å². The van der Waals surface area contributed by atoms with Crippen LogP contribution in [-0.2, 0) is 4.79 Å². The predicted molar refractivity (Wildman–Crippen MR) is 95.0 cm³/mol. The standard InChI is InChI=1S/C20H25NO2/c1-5-15(3)18-11-6-7-12-19(18)23-16(4)20(22)21-17-10-8-9-14(2)13-17/h6-13,15-16H,5H2,1-4H3,(H,21,22). The highest BCUT2D eigenvalue weighted by Crippen LogP contribution is 2.29. The first-order chi connectivity index (χ1) is 11.0. The van der Waals surface area contributed by atoms with Crippen LogP contribution in [0.5, 0.6) is 5.75 Å². The molecule has 0 heterocycles. The van der Waals surface area contributed by atoms with Gasteiger partial charge in [-0.15, -0.1) is 0 Å². The van der Waals surface area contributed by atoms with Crippen LogP contribution < -0.4 is 10.1 Å². The van der Waals surface area contributed by atoms with E-state index in [4.69, 9.17) is 4.74 Å². The van der Waals surface area contributed by atoms with Gasteiger partial charge >= 0.3 is 0 Å². The van der Waals surface area contributed by atoms with Gasteiger partial charge in [0.1, 0.15) is 5.75 Å². The molecular weight excluding hydrogens is 286 g/mol. The Bertz CT molecular complexity index is 666. The number of amides is 1. The molecule has 0 bridgehead atoms. The zero-order valence-corrected chi connectivity index (χ0v) is 14.3. The molecular formula is C20H25NO2. The zero-order valence-electron chi connectivity index (χ0n) is 14.3. The summed E-state index contributed by atoms with van der Waals surface area (Å²) < 4.78 is 5.92. The van der Waals surface area contributed by atoms with Crippen molar-refractivity contribution in [2.45, 2.75) is 46.1 Å². The van der Waals surface area contributed by atoms with Crippen molar-refractivity contribution < 1.29 is 9.53 Å². The second kappa shape index (κ2) is 7.82. The molecule has 0 saturated heterocycles. The largest absolute Gasteiger partial charge is 0.481 e. The monoisotopic (exact) mass is 311 g/mol. The van der Waals surface area contributed by atoms with Gasteiger partial charge in [0, 0.05) is 5.69 Å². The lowest BCUT2D eigenvalue weighted by molar-refractivity contribution is -0.122. The first-order valence-corrected chi connectivity index (χ1v) is 8.14. The lowest BCUT2D eigenvalue weighted by atomic mass is 9.98. The maximum atomic E-state index is 12.3. The van der Waals surface area contributed by atoms with Gasteiger partial charge in [-0.1, -0.05) is 44.2 Å². The molecule has 0 aromatic heterocycles. The van der Waals surface area contributed by atoms with Gasteiger partial charge in [0.05, 0.1) is 0 Å². The summed E-state index contributed by atoms with van der Waals surface area (Å²) in [4.78, 5) is 12.3. The molecule has 3 heteroatoms. The van der Waals surface area contributed by atoms with E-state index in [1.165, 1.54) is 0 Å². The van der Waals surface area contributed by atoms with Crippen molar-refractivity contribution in [1.82, 2.24) is 0 Å². The van der Waals surface area contributed by atoms with E-state index in [0.717, 1.165) is 29.0 Å². The summed E-state index contributed by atoms with van der Waals surface area (Å²) in [5, 5.41) is 2.90. The lowest BCUT2D eigenvalue weighted by Gasteiger charge is -2.19. The third kappa shape index (κ3) is 4.59. The van der Waals surface area contributed by atoms with Crippen LogP contribution >= 0.6 is 0 Å². The highest BCUT2D eigenvalue weighted by atomic mass is 16.5. The van der Waals surface area contributed by atoms with E-state index in [9.17, 15) is 4.79 Å². The van der Waals surface area contributed by atoms with Gasteiger partial charge in [-0.2, -0.15) is 0 Å². The molecule has 0 spiro atoms. The molecule has 0 saturated carbocycles. The molecule has 2 aromatic rings. The summed E-state index contributed by atoms with van der Waals surface area (Å²) >= 11 is 0. The molecule has 0 aliphatic heterocycles. The van der Waals surface area contributed by atoms with Gasteiger partial charge < -0.3 is 10.1 Å².